The van der Waals surface area contributed by atoms with Crippen molar-refractivity contribution in [3.63, 3.8) is 0 Å². The third kappa shape index (κ3) is 7.80. The second-order valence-electron chi connectivity index (χ2n) is 7.77. The molecule has 0 amide bonds. The minimum absolute atomic E-state index is 0.440. The van der Waals surface area contributed by atoms with Crippen LogP contribution >= 0.6 is 0 Å². The van der Waals surface area contributed by atoms with Gasteiger partial charge in [-0.3, -0.25) is 9.89 Å². The van der Waals surface area contributed by atoms with E-state index in [1.165, 1.54) is 30.5 Å². The van der Waals surface area contributed by atoms with Crippen LogP contribution in [0.1, 0.15) is 51.7 Å². The topological polar surface area (TPSA) is 42.9 Å². The molecule has 0 saturated carbocycles. The molecule has 1 atom stereocenters. The van der Waals surface area contributed by atoms with E-state index in [-0.39, 0.29) is 0 Å². The van der Waals surface area contributed by atoms with Gasteiger partial charge in [-0.15, -0.1) is 0 Å². The van der Waals surface area contributed by atoms with Gasteiger partial charge >= 0.3 is 0 Å². The molecule has 0 saturated heterocycles. The van der Waals surface area contributed by atoms with Crippen molar-refractivity contribution in [1.29, 1.82) is 0 Å². The number of fused-ring (bicyclic) bond motifs is 1. The van der Waals surface area contributed by atoms with Crippen LogP contribution in [0.2, 0.25) is 0 Å². The van der Waals surface area contributed by atoms with Crippen LogP contribution in [0, 0.1) is 0 Å². The van der Waals surface area contributed by atoms with Gasteiger partial charge in [-0.05, 0) is 63.9 Å². The fourth-order valence-electron chi connectivity index (χ4n) is 3.83. The highest BCUT2D eigenvalue weighted by molar-refractivity contribution is 5.80. The Morgan fingerprint density at radius 2 is 1.93 bits per heavy atom. The van der Waals surface area contributed by atoms with Gasteiger partial charge in [0.2, 0.25) is 0 Å². The smallest absolute Gasteiger partial charge is 0.191 e. The van der Waals surface area contributed by atoms with Gasteiger partial charge in [0.1, 0.15) is 0 Å². The Labute approximate surface area is 172 Å². The maximum absolute atomic E-state index is 4.82. The highest BCUT2D eigenvalue weighted by Gasteiger charge is 2.15. The standard InChI is InChI=1S/C23H41N5/c1-5-24-23(26-20(4)11-10-16-27(6-2)7-3)25-15-18-28-17-14-21-12-8-9-13-22(21)19-28/h8-9,12-13,20H,5-7,10-11,14-19H2,1-4H3,(H2,24,25,26). The first kappa shape index (κ1) is 22.7. The fourth-order valence-corrected chi connectivity index (χ4v) is 3.83. The zero-order valence-corrected chi connectivity index (χ0v) is 18.5. The van der Waals surface area contributed by atoms with E-state index < -0.39 is 0 Å². The predicted octanol–water partition coefficient (Wildman–Crippen LogP) is 3.11. The molecule has 158 valence electrons. The summed E-state index contributed by atoms with van der Waals surface area (Å²) in [5.41, 5.74) is 2.99. The van der Waals surface area contributed by atoms with Crippen LogP contribution in [0.15, 0.2) is 29.3 Å². The molecule has 0 aromatic heterocycles. The summed E-state index contributed by atoms with van der Waals surface area (Å²) < 4.78 is 0. The number of guanidine groups is 1. The number of nitrogens with zero attached hydrogens (tertiary/aromatic N) is 3. The number of hydrogen-bond acceptors (Lipinski definition) is 3. The molecule has 0 fully saturated rings. The predicted molar refractivity (Wildman–Crippen MR) is 121 cm³/mol. The molecule has 1 aliphatic heterocycles. The summed E-state index contributed by atoms with van der Waals surface area (Å²) in [6.07, 6.45) is 3.55. The molecule has 0 aliphatic carbocycles. The molecule has 5 heteroatoms. The first-order valence-electron chi connectivity index (χ1n) is 11.2. The lowest BCUT2D eigenvalue weighted by molar-refractivity contribution is 0.261. The Morgan fingerprint density at radius 1 is 1.18 bits per heavy atom. The Balaban J connectivity index is 1.74. The third-order valence-electron chi connectivity index (χ3n) is 5.63. The van der Waals surface area contributed by atoms with Gasteiger partial charge in [0.25, 0.3) is 0 Å². The second-order valence-corrected chi connectivity index (χ2v) is 7.77. The molecule has 5 nitrogen and oxygen atoms in total. The molecular formula is C23H41N5. The van der Waals surface area contributed by atoms with Crippen LogP contribution in [0.4, 0.5) is 0 Å². The van der Waals surface area contributed by atoms with E-state index in [9.17, 15) is 0 Å². The first-order valence-corrected chi connectivity index (χ1v) is 11.2. The van der Waals surface area contributed by atoms with E-state index in [1.54, 1.807) is 0 Å². The summed E-state index contributed by atoms with van der Waals surface area (Å²) in [5.74, 6) is 0.954. The monoisotopic (exact) mass is 387 g/mol. The minimum Gasteiger partial charge on any atom is -0.357 e. The van der Waals surface area contributed by atoms with Gasteiger partial charge in [0, 0.05) is 32.2 Å². The molecule has 1 heterocycles. The molecule has 0 bridgehead atoms. The number of hydrogen-bond donors (Lipinski definition) is 2. The van der Waals surface area contributed by atoms with Crippen molar-refractivity contribution >= 4 is 5.96 Å². The summed E-state index contributed by atoms with van der Waals surface area (Å²) in [6.45, 7) is 17.3. The van der Waals surface area contributed by atoms with Crippen molar-refractivity contribution in [2.45, 2.75) is 59.5 Å². The fraction of sp³-hybridized carbons (Fsp3) is 0.696. The Morgan fingerprint density at radius 3 is 2.64 bits per heavy atom. The van der Waals surface area contributed by atoms with Crippen molar-refractivity contribution in [2.75, 3.05) is 45.8 Å². The minimum atomic E-state index is 0.440. The zero-order chi connectivity index (χ0) is 20.2. The van der Waals surface area contributed by atoms with E-state index in [0.717, 1.165) is 58.2 Å². The molecule has 1 unspecified atom stereocenters. The lowest BCUT2D eigenvalue weighted by Gasteiger charge is -2.28. The lowest BCUT2D eigenvalue weighted by atomic mass is 10.00. The summed E-state index contributed by atoms with van der Waals surface area (Å²) in [7, 11) is 0. The Hall–Kier alpha value is -1.59. The quantitative estimate of drug-likeness (QED) is 0.452. The van der Waals surface area contributed by atoms with Crippen LogP contribution in [-0.4, -0.2) is 67.6 Å². The number of rotatable bonds is 11. The summed E-state index contributed by atoms with van der Waals surface area (Å²) >= 11 is 0. The van der Waals surface area contributed by atoms with E-state index >= 15 is 0 Å². The maximum atomic E-state index is 4.82. The van der Waals surface area contributed by atoms with Crippen LogP contribution in [-0.2, 0) is 13.0 Å². The third-order valence-corrected chi connectivity index (χ3v) is 5.63. The van der Waals surface area contributed by atoms with Gasteiger partial charge in [-0.25, -0.2) is 0 Å². The van der Waals surface area contributed by atoms with Crippen molar-refractivity contribution < 1.29 is 0 Å². The number of nitrogens with one attached hydrogen (secondary N) is 2. The summed E-state index contributed by atoms with van der Waals surface area (Å²) in [5, 5.41) is 6.98. The van der Waals surface area contributed by atoms with E-state index in [1.807, 2.05) is 0 Å². The molecular weight excluding hydrogens is 346 g/mol. The second kappa shape index (κ2) is 12.8. The van der Waals surface area contributed by atoms with Crippen molar-refractivity contribution in [1.82, 2.24) is 20.4 Å². The Kier molecular flexibility index (Phi) is 10.4. The molecule has 28 heavy (non-hydrogen) atoms. The molecule has 0 radical (unpaired) electrons. The highest BCUT2D eigenvalue weighted by atomic mass is 15.2. The van der Waals surface area contributed by atoms with E-state index in [4.69, 9.17) is 4.99 Å². The van der Waals surface area contributed by atoms with Crippen LogP contribution in [0.25, 0.3) is 0 Å². The van der Waals surface area contributed by atoms with Crippen molar-refractivity contribution in [3.05, 3.63) is 35.4 Å². The first-order chi connectivity index (χ1) is 13.7. The van der Waals surface area contributed by atoms with Crippen molar-refractivity contribution in [2.24, 2.45) is 4.99 Å². The van der Waals surface area contributed by atoms with Gasteiger partial charge < -0.3 is 15.5 Å². The average Bonchev–Trinajstić information content (AvgIpc) is 2.71. The Bertz CT molecular complexity index is 582. The van der Waals surface area contributed by atoms with Gasteiger partial charge in [-0.1, -0.05) is 38.1 Å². The molecule has 1 aromatic carbocycles. The van der Waals surface area contributed by atoms with Gasteiger partial charge in [-0.2, -0.15) is 0 Å². The summed E-state index contributed by atoms with van der Waals surface area (Å²) in [4.78, 5) is 9.83. The van der Waals surface area contributed by atoms with Crippen LogP contribution < -0.4 is 10.6 Å². The molecule has 1 aliphatic rings. The summed E-state index contributed by atoms with van der Waals surface area (Å²) in [6, 6.07) is 9.26. The number of benzene rings is 1. The van der Waals surface area contributed by atoms with E-state index in [0.29, 0.717) is 6.04 Å². The van der Waals surface area contributed by atoms with Crippen molar-refractivity contribution in [3.8, 4) is 0 Å². The normalized spacial score (nSPS) is 16.1. The van der Waals surface area contributed by atoms with Gasteiger partial charge in [0.15, 0.2) is 5.96 Å². The van der Waals surface area contributed by atoms with Crippen LogP contribution in [0.3, 0.4) is 0 Å². The zero-order valence-electron chi connectivity index (χ0n) is 18.5. The van der Waals surface area contributed by atoms with E-state index in [2.05, 4.69) is 72.4 Å². The average molecular weight is 388 g/mol. The molecule has 2 rings (SSSR count). The molecule has 1 aromatic rings. The molecule has 2 N–H and O–H groups in total. The molecule has 0 spiro atoms. The maximum Gasteiger partial charge on any atom is 0.191 e. The highest BCUT2D eigenvalue weighted by Crippen LogP contribution is 2.17. The number of aliphatic imine (C=N–C) groups is 1. The largest absolute Gasteiger partial charge is 0.357 e. The van der Waals surface area contributed by atoms with Crippen LogP contribution in [0.5, 0.6) is 0 Å². The lowest BCUT2D eigenvalue weighted by Crippen LogP contribution is -2.43. The van der Waals surface area contributed by atoms with Gasteiger partial charge in [0.05, 0.1) is 6.54 Å². The SMILES string of the molecule is CCNC(=NCCN1CCc2ccccc2C1)NC(C)CCCN(CC)CC.